The smallest absolute Gasteiger partial charge is 0.256 e. The topological polar surface area (TPSA) is 76.7 Å². The number of benzene rings is 4. The lowest BCUT2D eigenvalue weighted by Gasteiger charge is -2.22. The van der Waals surface area contributed by atoms with E-state index in [2.05, 4.69) is 10.6 Å². The molecule has 4 aromatic carbocycles. The number of rotatable bonds is 9. The van der Waals surface area contributed by atoms with Crippen LogP contribution in [0.5, 0.6) is 11.5 Å². The molecule has 0 aliphatic rings. The fourth-order valence-electron chi connectivity index (χ4n) is 3.63. The Morgan fingerprint density at radius 1 is 0.730 bits per heavy atom. The van der Waals surface area contributed by atoms with Gasteiger partial charge in [0.1, 0.15) is 24.4 Å². The second-order valence-electron chi connectivity index (χ2n) is 8.02. The maximum absolute atomic E-state index is 14.3. The number of halogens is 2. The molecule has 0 aromatic heterocycles. The second-order valence-corrected chi connectivity index (χ2v) is 8.02. The molecule has 0 heterocycles. The average Bonchev–Trinajstić information content (AvgIpc) is 2.92. The van der Waals surface area contributed by atoms with E-state index in [1.807, 2.05) is 30.3 Å². The van der Waals surface area contributed by atoms with Crippen molar-refractivity contribution >= 4 is 11.8 Å². The molecule has 8 heteroatoms. The number of methoxy groups -OCH3 is 1. The van der Waals surface area contributed by atoms with Crippen molar-refractivity contribution in [2.45, 2.75) is 12.8 Å². The van der Waals surface area contributed by atoms with Crippen molar-refractivity contribution < 1.29 is 27.8 Å². The van der Waals surface area contributed by atoms with E-state index in [-0.39, 0.29) is 17.7 Å². The van der Waals surface area contributed by atoms with Gasteiger partial charge in [-0.3, -0.25) is 9.59 Å². The van der Waals surface area contributed by atoms with Crippen molar-refractivity contribution in [2.75, 3.05) is 7.11 Å². The molecule has 4 aromatic rings. The van der Waals surface area contributed by atoms with Gasteiger partial charge in [0, 0.05) is 0 Å². The molecule has 37 heavy (non-hydrogen) atoms. The monoisotopic (exact) mass is 502 g/mol. The van der Waals surface area contributed by atoms with Crippen LogP contribution in [0, 0.1) is 11.6 Å². The molecule has 4 rings (SSSR count). The zero-order chi connectivity index (χ0) is 26.2. The Morgan fingerprint density at radius 3 is 1.81 bits per heavy atom. The minimum Gasteiger partial charge on any atom is -0.493 e. The summed E-state index contributed by atoms with van der Waals surface area (Å²) in [6, 6.07) is 25.2. The Kier molecular flexibility index (Phi) is 8.10. The van der Waals surface area contributed by atoms with E-state index in [0.717, 1.165) is 17.7 Å². The van der Waals surface area contributed by atoms with Crippen LogP contribution in [0.2, 0.25) is 0 Å². The maximum atomic E-state index is 14.3. The first kappa shape index (κ1) is 25.4. The molecule has 0 unspecified atom stereocenters. The lowest BCUT2D eigenvalue weighted by molar-refractivity contribution is 0.0879. The average molecular weight is 503 g/mol. The number of amides is 2. The highest BCUT2D eigenvalue weighted by atomic mass is 19.1. The van der Waals surface area contributed by atoms with Crippen molar-refractivity contribution in [3.8, 4) is 11.5 Å². The summed E-state index contributed by atoms with van der Waals surface area (Å²) in [6.07, 6.45) is -1.15. The second kappa shape index (κ2) is 11.8. The van der Waals surface area contributed by atoms with Crippen molar-refractivity contribution in [1.82, 2.24) is 10.6 Å². The van der Waals surface area contributed by atoms with Crippen molar-refractivity contribution in [2.24, 2.45) is 0 Å². The summed E-state index contributed by atoms with van der Waals surface area (Å²) in [6.45, 7) is 0.245. The highest BCUT2D eigenvalue weighted by molar-refractivity contribution is 5.97. The van der Waals surface area contributed by atoms with Gasteiger partial charge in [-0.1, -0.05) is 60.7 Å². The van der Waals surface area contributed by atoms with Gasteiger partial charge in [-0.05, 0) is 47.5 Å². The molecular formula is C29H24F2N2O4. The fraction of sp³-hybridized carbons (Fsp3) is 0.103. The van der Waals surface area contributed by atoms with Gasteiger partial charge in [-0.15, -0.1) is 0 Å². The van der Waals surface area contributed by atoms with Gasteiger partial charge < -0.3 is 20.1 Å². The van der Waals surface area contributed by atoms with Gasteiger partial charge >= 0.3 is 0 Å². The van der Waals surface area contributed by atoms with Crippen LogP contribution >= 0.6 is 0 Å². The quantitative estimate of drug-likeness (QED) is 0.300. The van der Waals surface area contributed by atoms with Crippen molar-refractivity contribution in [1.29, 1.82) is 0 Å². The first-order valence-corrected chi connectivity index (χ1v) is 11.4. The van der Waals surface area contributed by atoms with Crippen LogP contribution in [0.15, 0.2) is 97.1 Å². The van der Waals surface area contributed by atoms with Crippen LogP contribution in [0.25, 0.3) is 0 Å². The molecule has 0 spiro atoms. The molecule has 0 aliphatic heterocycles. The first-order valence-electron chi connectivity index (χ1n) is 11.4. The van der Waals surface area contributed by atoms with Crippen molar-refractivity contribution in [3.63, 3.8) is 0 Å². The summed E-state index contributed by atoms with van der Waals surface area (Å²) < 4.78 is 39.9. The van der Waals surface area contributed by atoms with Gasteiger partial charge in [0.05, 0.1) is 18.2 Å². The summed E-state index contributed by atoms with van der Waals surface area (Å²) in [7, 11) is 1.49. The van der Waals surface area contributed by atoms with Gasteiger partial charge in [-0.2, -0.15) is 0 Å². The van der Waals surface area contributed by atoms with E-state index < -0.39 is 29.6 Å². The van der Waals surface area contributed by atoms with Crippen LogP contribution in [-0.2, 0) is 6.61 Å². The van der Waals surface area contributed by atoms with Crippen LogP contribution < -0.4 is 20.1 Å². The number of nitrogens with one attached hydrogen (secondary N) is 2. The molecule has 0 fully saturated rings. The Morgan fingerprint density at radius 2 is 1.27 bits per heavy atom. The summed E-state index contributed by atoms with van der Waals surface area (Å²) in [4.78, 5) is 25.8. The molecule has 188 valence electrons. The SMILES string of the molecule is COc1ccc(C(NC(=O)c2ccccc2F)NC(=O)c2ccccc2F)cc1OCc1ccccc1. The predicted octanol–water partition coefficient (Wildman–Crippen LogP) is 5.41. The highest BCUT2D eigenvalue weighted by Gasteiger charge is 2.23. The first-order chi connectivity index (χ1) is 18.0. The van der Waals surface area contributed by atoms with E-state index in [9.17, 15) is 18.4 Å². The molecule has 6 nitrogen and oxygen atoms in total. The lowest BCUT2D eigenvalue weighted by atomic mass is 10.1. The van der Waals surface area contributed by atoms with Gasteiger partial charge in [0.25, 0.3) is 11.8 Å². The maximum Gasteiger partial charge on any atom is 0.256 e. The number of carbonyl (C=O) groups excluding carboxylic acids is 2. The minimum absolute atomic E-state index is 0.207. The van der Waals surface area contributed by atoms with E-state index in [4.69, 9.17) is 9.47 Å². The lowest BCUT2D eigenvalue weighted by Crippen LogP contribution is -2.41. The molecule has 0 atom stereocenters. The van der Waals surface area contributed by atoms with Gasteiger partial charge in [0.2, 0.25) is 0 Å². The Bertz CT molecular complexity index is 1340. The largest absolute Gasteiger partial charge is 0.493 e. The number of hydrogen-bond donors (Lipinski definition) is 2. The molecule has 0 aliphatic carbocycles. The summed E-state index contributed by atoms with van der Waals surface area (Å²) in [5.41, 5.74) is 0.911. The summed E-state index contributed by atoms with van der Waals surface area (Å²) in [5, 5.41) is 5.24. The fourth-order valence-corrected chi connectivity index (χ4v) is 3.63. The molecule has 0 saturated heterocycles. The Balaban J connectivity index is 1.65. The number of carbonyl (C=O) groups is 2. The summed E-state index contributed by atoms with van der Waals surface area (Å²) >= 11 is 0. The minimum atomic E-state index is -1.15. The van der Waals surface area contributed by atoms with E-state index in [1.165, 1.54) is 43.5 Å². The highest BCUT2D eigenvalue weighted by Crippen LogP contribution is 2.31. The van der Waals surface area contributed by atoms with E-state index >= 15 is 0 Å². The van der Waals surface area contributed by atoms with Crippen LogP contribution in [-0.4, -0.2) is 18.9 Å². The third-order valence-electron chi connectivity index (χ3n) is 5.55. The van der Waals surface area contributed by atoms with E-state index in [0.29, 0.717) is 17.1 Å². The summed E-state index contributed by atoms with van der Waals surface area (Å²) in [5.74, 6) is -2.19. The zero-order valence-corrected chi connectivity index (χ0v) is 19.9. The Hall–Kier alpha value is -4.72. The van der Waals surface area contributed by atoms with Crippen LogP contribution in [0.4, 0.5) is 8.78 Å². The third-order valence-corrected chi connectivity index (χ3v) is 5.55. The Labute approximate surface area is 212 Å². The molecule has 2 amide bonds. The normalized spacial score (nSPS) is 10.6. The van der Waals surface area contributed by atoms with Crippen LogP contribution in [0.1, 0.15) is 38.0 Å². The standard InChI is InChI=1S/C29H24F2N2O4/c1-36-25-16-15-20(17-26(25)37-18-19-9-3-2-4-10-19)27(32-28(34)21-11-5-7-13-23(21)30)33-29(35)22-12-6-8-14-24(22)31/h2-17,27H,18H2,1H3,(H,32,34)(H,33,35). The van der Waals surface area contributed by atoms with Gasteiger partial charge in [-0.25, -0.2) is 8.78 Å². The molecule has 0 radical (unpaired) electrons. The molecular weight excluding hydrogens is 478 g/mol. The van der Waals surface area contributed by atoms with Gasteiger partial charge in [0.15, 0.2) is 11.5 Å². The number of ether oxygens (including phenoxy) is 2. The van der Waals surface area contributed by atoms with E-state index in [1.54, 1.807) is 18.2 Å². The predicted molar refractivity (Wildman–Crippen MR) is 134 cm³/mol. The molecule has 0 bridgehead atoms. The zero-order valence-electron chi connectivity index (χ0n) is 19.9. The van der Waals surface area contributed by atoms with Crippen molar-refractivity contribution in [3.05, 3.63) is 131 Å². The third kappa shape index (κ3) is 6.29. The molecule has 0 saturated carbocycles. The number of hydrogen-bond acceptors (Lipinski definition) is 4. The van der Waals surface area contributed by atoms with Crippen LogP contribution in [0.3, 0.4) is 0 Å². The molecule has 2 N–H and O–H groups in total.